The van der Waals surface area contributed by atoms with Gasteiger partial charge in [0.05, 0.1) is 10.0 Å². The molecule has 1 aliphatic carbocycles. The van der Waals surface area contributed by atoms with Crippen LogP contribution >= 0.6 is 34.8 Å². The number of nitrogens with zero attached hydrogens (tertiary/aromatic N) is 1. The Balaban J connectivity index is 1.27. The molecule has 0 unspecified atom stereocenters. The molecule has 0 radical (unpaired) electrons. The minimum Gasteiger partial charge on any atom is -0.334 e. The molecule has 166 valence electrons. The van der Waals surface area contributed by atoms with Gasteiger partial charge in [0.2, 0.25) is 0 Å². The summed E-state index contributed by atoms with van der Waals surface area (Å²) in [5.74, 6) is 0.711. The first-order chi connectivity index (χ1) is 15.0. The van der Waals surface area contributed by atoms with Crippen molar-refractivity contribution in [2.24, 2.45) is 5.92 Å². The number of carbonyl (C=O) groups excluding carboxylic acids is 1. The van der Waals surface area contributed by atoms with Gasteiger partial charge in [-0.2, -0.15) is 0 Å². The second-order valence-electron chi connectivity index (χ2n) is 8.64. The van der Waals surface area contributed by atoms with Gasteiger partial charge in [-0.1, -0.05) is 46.9 Å². The second kappa shape index (κ2) is 10.4. The third kappa shape index (κ3) is 6.07. The molecule has 4 nitrogen and oxygen atoms in total. The van der Waals surface area contributed by atoms with E-state index in [1.165, 1.54) is 18.4 Å². The Bertz CT molecular complexity index is 897. The molecule has 2 N–H and O–H groups in total. The van der Waals surface area contributed by atoms with E-state index in [-0.39, 0.29) is 12.1 Å². The van der Waals surface area contributed by atoms with Crippen molar-refractivity contribution in [1.82, 2.24) is 10.2 Å². The van der Waals surface area contributed by atoms with Crippen molar-refractivity contribution < 1.29 is 4.79 Å². The average Bonchev–Trinajstić information content (AvgIpc) is 3.21. The summed E-state index contributed by atoms with van der Waals surface area (Å²) in [7, 11) is 0. The first-order valence-corrected chi connectivity index (χ1v) is 12.1. The lowest BCUT2D eigenvalue weighted by Crippen LogP contribution is -2.52. The number of carbonyl (C=O) groups is 1. The highest BCUT2D eigenvalue weighted by molar-refractivity contribution is 6.42. The van der Waals surface area contributed by atoms with Gasteiger partial charge >= 0.3 is 6.03 Å². The molecule has 2 fully saturated rings. The molecule has 2 amide bonds. The molecule has 2 aliphatic rings. The van der Waals surface area contributed by atoms with Crippen LogP contribution in [0.2, 0.25) is 15.1 Å². The van der Waals surface area contributed by atoms with Crippen LogP contribution < -0.4 is 10.6 Å². The van der Waals surface area contributed by atoms with Crippen molar-refractivity contribution in [3.8, 4) is 0 Å². The number of amides is 2. The lowest BCUT2D eigenvalue weighted by molar-refractivity contribution is 0.119. The fourth-order valence-corrected chi connectivity index (χ4v) is 5.32. The predicted octanol–water partition coefficient (Wildman–Crippen LogP) is 6.64. The number of piperidine rings is 1. The van der Waals surface area contributed by atoms with Crippen LogP contribution in [0.15, 0.2) is 42.5 Å². The molecule has 1 saturated heterocycles. The normalized spacial score (nSPS) is 22.4. The highest BCUT2D eigenvalue weighted by Gasteiger charge is 2.35. The van der Waals surface area contributed by atoms with E-state index in [0.29, 0.717) is 27.7 Å². The van der Waals surface area contributed by atoms with Gasteiger partial charge in [-0.25, -0.2) is 4.79 Å². The molecule has 2 aromatic rings. The van der Waals surface area contributed by atoms with E-state index in [1.54, 1.807) is 18.2 Å². The number of rotatable bonds is 5. The summed E-state index contributed by atoms with van der Waals surface area (Å²) in [6.07, 6.45) is 6.81. The van der Waals surface area contributed by atoms with E-state index in [4.69, 9.17) is 34.8 Å². The predicted molar refractivity (Wildman–Crippen MR) is 129 cm³/mol. The van der Waals surface area contributed by atoms with Crippen LogP contribution in [0.25, 0.3) is 0 Å². The van der Waals surface area contributed by atoms with Crippen molar-refractivity contribution in [3.05, 3.63) is 63.1 Å². The number of hydrogen-bond acceptors (Lipinski definition) is 2. The maximum Gasteiger partial charge on any atom is 0.319 e. The molecule has 1 heterocycles. The smallest absolute Gasteiger partial charge is 0.319 e. The van der Waals surface area contributed by atoms with Crippen LogP contribution in [0.3, 0.4) is 0 Å². The van der Waals surface area contributed by atoms with Crippen molar-refractivity contribution in [2.75, 3.05) is 18.4 Å². The molecular formula is C24H28Cl3N3O. The zero-order chi connectivity index (χ0) is 21.8. The second-order valence-corrected chi connectivity index (χ2v) is 9.89. The number of nitrogens with one attached hydrogen (secondary N) is 2. The topological polar surface area (TPSA) is 44.4 Å². The summed E-state index contributed by atoms with van der Waals surface area (Å²) in [4.78, 5) is 15.1. The Hall–Kier alpha value is -1.46. The van der Waals surface area contributed by atoms with Crippen molar-refractivity contribution in [3.63, 3.8) is 0 Å². The Kier molecular flexibility index (Phi) is 7.65. The van der Waals surface area contributed by atoms with E-state index < -0.39 is 0 Å². The number of urea groups is 1. The number of anilines is 1. The minimum atomic E-state index is -0.187. The highest BCUT2D eigenvalue weighted by atomic mass is 35.5. The maximum absolute atomic E-state index is 12.5. The number of likely N-dealkylation sites (tertiary alicyclic amines) is 1. The van der Waals surface area contributed by atoms with Crippen molar-refractivity contribution in [1.29, 1.82) is 0 Å². The van der Waals surface area contributed by atoms with Crippen molar-refractivity contribution >= 4 is 46.5 Å². The van der Waals surface area contributed by atoms with Gasteiger partial charge in [-0.05, 0) is 93.4 Å². The minimum absolute atomic E-state index is 0.176. The lowest BCUT2D eigenvalue weighted by Gasteiger charge is -2.38. The molecular weight excluding hydrogens is 453 g/mol. The van der Waals surface area contributed by atoms with Crippen molar-refractivity contribution in [2.45, 2.75) is 50.6 Å². The largest absolute Gasteiger partial charge is 0.334 e. The van der Waals surface area contributed by atoms with E-state index in [2.05, 4.69) is 27.7 Å². The summed E-state index contributed by atoms with van der Waals surface area (Å²) < 4.78 is 0. The third-order valence-corrected chi connectivity index (χ3v) is 7.52. The Morgan fingerprint density at radius 3 is 2.39 bits per heavy atom. The summed E-state index contributed by atoms with van der Waals surface area (Å²) >= 11 is 18.0. The highest BCUT2D eigenvalue weighted by Crippen LogP contribution is 2.30. The summed E-state index contributed by atoms with van der Waals surface area (Å²) in [5, 5.41) is 7.76. The van der Waals surface area contributed by atoms with Gasteiger partial charge in [-0.15, -0.1) is 0 Å². The van der Waals surface area contributed by atoms with E-state index in [9.17, 15) is 4.79 Å². The summed E-state index contributed by atoms with van der Waals surface area (Å²) in [5.41, 5.74) is 2.01. The number of hydrogen-bond donors (Lipinski definition) is 2. The van der Waals surface area contributed by atoms with Gasteiger partial charge in [0, 0.05) is 22.8 Å². The fraction of sp³-hybridized carbons (Fsp3) is 0.458. The number of halogens is 3. The average molecular weight is 481 g/mol. The van der Waals surface area contributed by atoms with Crippen LogP contribution in [-0.4, -0.2) is 36.1 Å². The molecule has 0 spiro atoms. The van der Waals surface area contributed by atoms with Crippen LogP contribution in [0.5, 0.6) is 0 Å². The first kappa shape index (κ1) is 22.7. The Morgan fingerprint density at radius 1 is 0.935 bits per heavy atom. The Morgan fingerprint density at radius 2 is 1.68 bits per heavy atom. The Labute approximate surface area is 199 Å². The van der Waals surface area contributed by atoms with Crippen LogP contribution in [0.4, 0.5) is 10.5 Å². The number of benzene rings is 2. The van der Waals surface area contributed by atoms with Gasteiger partial charge in [0.25, 0.3) is 0 Å². The molecule has 1 aliphatic heterocycles. The standard InChI is InChI=1S/C24H28Cl3N3O/c25-18-6-4-16(5-7-18)14-17-10-12-30(13-11-17)23-3-1-2-22(23)29-24(31)28-19-8-9-20(26)21(27)15-19/h4-9,15,17,22-23H,1-3,10-14H2,(H2,28,29,31)/t22-,23-/m1/s1. The molecule has 0 aromatic heterocycles. The van der Waals surface area contributed by atoms with Gasteiger partial charge in [0.1, 0.15) is 0 Å². The van der Waals surface area contributed by atoms with Crippen LogP contribution in [-0.2, 0) is 6.42 Å². The fourth-order valence-electron chi connectivity index (χ4n) is 4.90. The van der Waals surface area contributed by atoms with Gasteiger partial charge in [0.15, 0.2) is 0 Å². The van der Waals surface area contributed by atoms with E-state index in [1.807, 2.05) is 12.1 Å². The van der Waals surface area contributed by atoms with Crippen LogP contribution in [0, 0.1) is 5.92 Å². The molecule has 4 rings (SSSR count). The van der Waals surface area contributed by atoms with E-state index in [0.717, 1.165) is 43.8 Å². The molecule has 7 heteroatoms. The lowest BCUT2D eigenvalue weighted by atomic mass is 9.89. The quantitative estimate of drug-likeness (QED) is 0.503. The summed E-state index contributed by atoms with van der Waals surface area (Å²) in [6.45, 7) is 2.19. The third-order valence-electron chi connectivity index (χ3n) is 6.53. The molecule has 31 heavy (non-hydrogen) atoms. The maximum atomic E-state index is 12.5. The van der Waals surface area contributed by atoms with Gasteiger partial charge in [-0.3, -0.25) is 4.90 Å². The molecule has 2 atom stereocenters. The molecule has 1 saturated carbocycles. The van der Waals surface area contributed by atoms with Gasteiger partial charge < -0.3 is 10.6 Å². The molecule has 2 aromatic carbocycles. The van der Waals surface area contributed by atoms with E-state index >= 15 is 0 Å². The monoisotopic (exact) mass is 479 g/mol. The zero-order valence-corrected chi connectivity index (χ0v) is 19.7. The SMILES string of the molecule is O=C(Nc1ccc(Cl)c(Cl)c1)N[C@@H]1CCC[C@H]1N1CCC(Cc2ccc(Cl)cc2)CC1. The van der Waals surface area contributed by atoms with Crippen LogP contribution in [0.1, 0.15) is 37.7 Å². The first-order valence-electron chi connectivity index (χ1n) is 11.0. The summed E-state index contributed by atoms with van der Waals surface area (Å²) in [6, 6.07) is 13.7. The molecule has 0 bridgehead atoms. The zero-order valence-electron chi connectivity index (χ0n) is 17.4.